The number of anilines is 1. The topological polar surface area (TPSA) is 88.4 Å². The molecule has 0 unspecified atom stereocenters. The van der Waals surface area contributed by atoms with E-state index >= 15 is 0 Å². The van der Waals surface area contributed by atoms with E-state index in [-0.39, 0.29) is 11.9 Å². The number of para-hydroxylation sites is 2. The highest BCUT2D eigenvalue weighted by Gasteiger charge is 2.35. The molecule has 31 heavy (non-hydrogen) atoms. The fraction of sp³-hybridized carbons (Fsp3) is 0.417. The number of phenolic OH excluding ortho intramolecular Hbond substituents is 2. The van der Waals surface area contributed by atoms with Crippen LogP contribution >= 0.6 is 0 Å². The number of carbonyl (C=O) groups excluding carboxylic acids is 1. The number of nitrogens with zero attached hydrogens (tertiary/aromatic N) is 3. The largest absolute Gasteiger partial charge is 0.508 e. The summed E-state index contributed by atoms with van der Waals surface area (Å²) >= 11 is 0. The van der Waals surface area contributed by atoms with Crippen molar-refractivity contribution < 1.29 is 15.0 Å². The first-order valence-corrected chi connectivity index (χ1v) is 11.0. The molecule has 2 atom stereocenters. The Balaban J connectivity index is 1.14. The summed E-state index contributed by atoms with van der Waals surface area (Å²) in [6.45, 7) is 3.46. The standard InChI is InChI=1S/C24H28N4O3/c29-17-6-7-18-16(13-17)5-8-20-19(18)14-23(25-20)26-24(31)15-27-9-11-28(12-10-27)21-3-1-2-4-22(21)30/h1-4,6-7,13,19-20,29-30H,5,8-12,14-15H2,(H,25,26,31)/t19-,20+/m0/s1. The third-order valence-corrected chi connectivity index (χ3v) is 6.68. The zero-order valence-corrected chi connectivity index (χ0v) is 17.5. The van der Waals surface area contributed by atoms with Gasteiger partial charge in [0.2, 0.25) is 5.91 Å². The lowest BCUT2D eigenvalue weighted by Gasteiger charge is -2.35. The van der Waals surface area contributed by atoms with E-state index in [9.17, 15) is 15.0 Å². The molecule has 2 aromatic rings. The summed E-state index contributed by atoms with van der Waals surface area (Å²) in [5.74, 6) is 1.67. The van der Waals surface area contributed by atoms with E-state index in [2.05, 4.69) is 15.1 Å². The maximum atomic E-state index is 12.6. The number of amidine groups is 1. The van der Waals surface area contributed by atoms with Gasteiger partial charge in [-0.3, -0.25) is 14.7 Å². The van der Waals surface area contributed by atoms with Crippen LogP contribution in [-0.4, -0.2) is 65.6 Å². The Morgan fingerprint density at radius 1 is 1.10 bits per heavy atom. The average molecular weight is 421 g/mol. The molecule has 162 valence electrons. The molecule has 1 fully saturated rings. The van der Waals surface area contributed by atoms with Crippen molar-refractivity contribution in [3.63, 3.8) is 0 Å². The molecule has 2 aromatic carbocycles. The Kier molecular flexibility index (Phi) is 5.28. The van der Waals surface area contributed by atoms with Crippen LogP contribution in [0.1, 0.15) is 29.9 Å². The first kappa shape index (κ1) is 19.9. The number of piperazine rings is 1. The number of hydrogen-bond donors (Lipinski definition) is 3. The van der Waals surface area contributed by atoms with Gasteiger partial charge in [0.25, 0.3) is 0 Å². The Morgan fingerprint density at radius 3 is 2.71 bits per heavy atom. The van der Waals surface area contributed by atoms with Crippen LogP contribution in [0.15, 0.2) is 47.5 Å². The Hall–Kier alpha value is -3.06. The molecular formula is C24H28N4O3. The van der Waals surface area contributed by atoms with Gasteiger partial charge in [-0.25, -0.2) is 0 Å². The predicted molar refractivity (Wildman–Crippen MR) is 120 cm³/mol. The van der Waals surface area contributed by atoms with Gasteiger partial charge in [-0.15, -0.1) is 0 Å². The number of aliphatic imine (C=N–C) groups is 1. The molecule has 7 heteroatoms. The number of hydrogen-bond acceptors (Lipinski definition) is 6. The van der Waals surface area contributed by atoms with Crippen LogP contribution in [0.5, 0.6) is 11.5 Å². The summed E-state index contributed by atoms with van der Waals surface area (Å²) in [4.78, 5) is 21.7. The normalized spacial score (nSPS) is 23.1. The Labute approximate surface area is 182 Å². The average Bonchev–Trinajstić information content (AvgIpc) is 3.17. The van der Waals surface area contributed by atoms with E-state index < -0.39 is 0 Å². The van der Waals surface area contributed by atoms with Gasteiger partial charge in [-0.2, -0.15) is 0 Å². The van der Waals surface area contributed by atoms with E-state index in [1.807, 2.05) is 30.3 Å². The molecule has 0 saturated carbocycles. The molecule has 3 aliphatic rings. The van der Waals surface area contributed by atoms with Gasteiger partial charge >= 0.3 is 0 Å². The molecule has 1 saturated heterocycles. The highest BCUT2D eigenvalue weighted by molar-refractivity contribution is 6.00. The second-order valence-corrected chi connectivity index (χ2v) is 8.68. The smallest absolute Gasteiger partial charge is 0.239 e. The minimum atomic E-state index is -0.0145. The van der Waals surface area contributed by atoms with E-state index in [1.165, 1.54) is 11.1 Å². The lowest BCUT2D eigenvalue weighted by Crippen LogP contribution is -2.50. The van der Waals surface area contributed by atoms with E-state index in [0.29, 0.717) is 24.0 Å². The minimum absolute atomic E-state index is 0.0145. The fourth-order valence-electron chi connectivity index (χ4n) is 5.11. The fourth-order valence-corrected chi connectivity index (χ4v) is 5.11. The number of amides is 1. The van der Waals surface area contributed by atoms with Crippen LogP contribution in [-0.2, 0) is 11.2 Å². The summed E-state index contributed by atoms with van der Waals surface area (Å²) in [6.07, 6.45) is 2.61. The zero-order valence-electron chi connectivity index (χ0n) is 17.5. The zero-order chi connectivity index (χ0) is 21.4. The SMILES string of the molecule is O=C(CN1CCN(c2ccccc2O)CC1)NC1=N[C@@H]2CCc3cc(O)ccc3[C@@H]2C1. The molecular weight excluding hydrogens is 392 g/mol. The number of aryl methyl sites for hydroxylation is 1. The highest BCUT2D eigenvalue weighted by atomic mass is 16.3. The first-order valence-electron chi connectivity index (χ1n) is 11.0. The number of rotatable bonds is 3. The van der Waals surface area contributed by atoms with Crippen LogP contribution in [0, 0.1) is 0 Å². The number of benzene rings is 2. The van der Waals surface area contributed by atoms with Crippen molar-refractivity contribution in [2.45, 2.75) is 31.2 Å². The van der Waals surface area contributed by atoms with Crippen molar-refractivity contribution in [1.82, 2.24) is 10.2 Å². The number of carbonyl (C=O) groups is 1. The van der Waals surface area contributed by atoms with Crippen LogP contribution in [0.2, 0.25) is 0 Å². The van der Waals surface area contributed by atoms with Gasteiger partial charge in [0.05, 0.1) is 18.3 Å². The van der Waals surface area contributed by atoms with E-state index in [4.69, 9.17) is 4.99 Å². The Bertz CT molecular complexity index is 1010. The molecule has 0 spiro atoms. The minimum Gasteiger partial charge on any atom is -0.508 e. The van der Waals surface area contributed by atoms with E-state index in [1.54, 1.807) is 12.1 Å². The molecule has 5 rings (SSSR count). The predicted octanol–water partition coefficient (Wildman–Crippen LogP) is 2.24. The molecule has 0 aromatic heterocycles. The summed E-state index contributed by atoms with van der Waals surface area (Å²) in [5.41, 5.74) is 3.30. The Morgan fingerprint density at radius 2 is 1.90 bits per heavy atom. The van der Waals surface area contributed by atoms with Crippen molar-refractivity contribution in [1.29, 1.82) is 0 Å². The molecule has 7 nitrogen and oxygen atoms in total. The molecule has 3 N–H and O–H groups in total. The lowest BCUT2D eigenvalue weighted by atomic mass is 9.79. The van der Waals surface area contributed by atoms with Crippen LogP contribution in [0.4, 0.5) is 5.69 Å². The van der Waals surface area contributed by atoms with Gasteiger partial charge in [-0.1, -0.05) is 18.2 Å². The van der Waals surface area contributed by atoms with Crippen molar-refractivity contribution >= 4 is 17.4 Å². The third-order valence-electron chi connectivity index (χ3n) is 6.68. The van der Waals surface area contributed by atoms with Gasteiger partial charge in [0.15, 0.2) is 0 Å². The van der Waals surface area contributed by atoms with Crippen LogP contribution in [0.25, 0.3) is 0 Å². The summed E-state index contributed by atoms with van der Waals surface area (Å²) in [6, 6.07) is 13.2. The van der Waals surface area contributed by atoms with Crippen molar-refractivity contribution in [3.8, 4) is 11.5 Å². The maximum Gasteiger partial charge on any atom is 0.239 e. The monoisotopic (exact) mass is 420 g/mol. The van der Waals surface area contributed by atoms with Gasteiger partial charge in [-0.05, 0) is 48.2 Å². The quantitative estimate of drug-likeness (QED) is 0.709. The summed E-state index contributed by atoms with van der Waals surface area (Å²) in [5, 5.41) is 22.8. The maximum absolute atomic E-state index is 12.6. The molecule has 2 heterocycles. The first-order chi connectivity index (χ1) is 15.1. The number of nitrogens with one attached hydrogen (secondary N) is 1. The lowest BCUT2D eigenvalue weighted by molar-refractivity contribution is -0.120. The molecule has 0 bridgehead atoms. The van der Waals surface area contributed by atoms with Gasteiger partial charge < -0.3 is 20.4 Å². The summed E-state index contributed by atoms with van der Waals surface area (Å²) in [7, 11) is 0. The van der Waals surface area contributed by atoms with E-state index in [0.717, 1.165) is 57.0 Å². The molecule has 0 radical (unpaired) electrons. The van der Waals surface area contributed by atoms with Gasteiger partial charge in [0.1, 0.15) is 17.3 Å². The third kappa shape index (κ3) is 4.10. The number of fused-ring (bicyclic) bond motifs is 3. The van der Waals surface area contributed by atoms with Gasteiger partial charge in [0, 0.05) is 38.5 Å². The molecule has 1 aliphatic carbocycles. The van der Waals surface area contributed by atoms with Crippen molar-refractivity contribution in [2.75, 3.05) is 37.6 Å². The van der Waals surface area contributed by atoms with Crippen molar-refractivity contribution in [2.24, 2.45) is 4.99 Å². The number of aromatic hydroxyl groups is 2. The summed E-state index contributed by atoms with van der Waals surface area (Å²) < 4.78 is 0. The second-order valence-electron chi connectivity index (χ2n) is 8.68. The van der Waals surface area contributed by atoms with Crippen molar-refractivity contribution in [3.05, 3.63) is 53.6 Å². The molecule has 1 amide bonds. The second kappa shape index (κ2) is 8.23. The number of phenols is 2. The molecule has 2 aliphatic heterocycles. The van der Waals surface area contributed by atoms with Crippen LogP contribution < -0.4 is 10.2 Å². The van der Waals surface area contributed by atoms with Crippen LogP contribution in [0.3, 0.4) is 0 Å². The highest BCUT2D eigenvalue weighted by Crippen LogP contribution is 2.40.